The van der Waals surface area contributed by atoms with Crippen molar-refractivity contribution in [3.8, 4) is 0 Å². The van der Waals surface area contributed by atoms with Gasteiger partial charge in [0.25, 0.3) is 5.91 Å². The molecule has 2 aliphatic rings. The van der Waals surface area contributed by atoms with Crippen LogP contribution in [-0.4, -0.2) is 35.6 Å². The molecule has 1 N–H and O–H groups in total. The Bertz CT molecular complexity index is 726. The van der Waals surface area contributed by atoms with Gasteiger partial charge in [0.2, 0.25) is 0 Å². The first-order valence-electron chi connectivity index (χ1n) is 7.96. The molecule has 1 unspecified atom stereocenters. The van der Waals surface area contributed by atoms with E-state index in [2.05, 4.69) is 10.5 Å². The monoisotopic (exact) mass is 331 g/mol. The zero-order valence-corrected chi connectivity index (χ0v) is 13.4. The molecule has 6 heteroatoms. The molecule has 5 nitrogen and oxygen atoms in total. The lowest BCUT2D eigenvalue weighted by Crippen LogP contribution is -2.48. The number of hydrogen-bond acceptors (Lipinski definition) is 4. The summed E-state index contributed by atoms with van der Waals surface area (Å²) in [5, 5.41) is 8.01. The predicted octanol–water partition coefficient (Wildman–Crippen LogP) is 2.99. The maximum atomic E-state index is 12.9. The van der Waals surface area contributed by atoms with Crippen molar-refractivity contribution in [2.24, 2.45) is 0 Å². The normalized spacial score (nSPS) is 21.4. The van der Waals surface area contributed by atoms with Crippen LogP contribution in [-0.2, 0) is 0 Å². The summed E-state index contributed by atoms with van der Waals surface area (Å²) < 4.78 is 5.33. The van der Waals surface area contributed by atoms with Crippen molar-refractivity contribution in [3.05, 3.63) is 52.4 Å². The van der Waals surface area contributed by atoms with E-state index in [0.717, 1.165) is 30.7 Å². The Labute approximate surface area is 139 Å². The van der Waals surface area contributed by atoms with Gasteiger partial charge in [-0.05, 0) is 30.5 Å². The quantitative estimate of drug-likeness (QED) is 0.939. The highest BCUT2D eigenvalue weighted by Gasteiger charge is 2.33. The third kappa shape index (κ3) is 2.99. The number of nitrogens with zero attached hydrogens (tertiary/aromatic N) is 2. The number of amides is 1. The lowest BCUT2D eigenvalue weighted by Gasteiger charge is -2.36. The summed E-state index contributed by atoms with van der Waals surface area (Å²) in [7, 11) is 0. The van der Waals surface area contributed by atoms with E-state index >= 15 is 0 Å². The van der Waals surface area contributed by atoms with Crippen LogP contribution < -0.4 is 5.32 Å². The van der Waals surface area contributed by atoms with Crippen molar-refractivity contribution >= 4 is 17.5 Å². The summed E-state index contributed by atoms with van der Waals surface area (Å²) in [5.41, 5.74) is 1.43. The molecule has 4 rings (SSSR count). The van der Waals surface area contributed by atoms with Gasteiger partial charge < -0.3 is 14.7 Å². The van der Waals surface area contributed by atoms with Crippen molar-refractivity contribution in [1.82, 2.24) is 15.4 Å². The minimum absolute atomic E-state index is 0.0453. The number of rotatable bonds is 3. The van der Waals surface area contributed by atoms with E-state index < -0.39 is 0 Å². The van der Waals surface area contributed by atoms with Crippen LogP contribution in [0.15, 0.2) is 34.9 Å². The average molecular weight is 332 g/mol. The van der Waals surface area contributed by atoms with Gasteiger partial charge in [0, 0.05) is 36.6 Å². The lowest BCUT2D eigenvalue weighted by atomic mass is 10.0. The Kier molecular flexibility index (Phi) is 3.83. The highest BCUT2D eigenvalue weighted by Crippen LogP contribution is 2.40. The van der Waals surface area contributed by atoms with Gasteiger partial charge in [0.15, 0.2) is 5.69 Å². The summed E-state index contributed by atoms with van der Waals surface area (Å²) in [4.78, 5) is 14.7. The first-order chi connectivity index (χ1) is 11.2. The van der Waals surface area contributed by atoms with Crippen LogP contribution >= 0.6 is 11.6 Å². The average Bonchev–Trinajstić information content (AvgIpc) is 3.31. The van der Waals surface area contributed by atoms with Gasteiger partial charge in [-0.1, -0.05) is 28.9 Å². The fourth-order valence-electron chi connectivity index (χ4n) is 3.06. The molecule has 120 valence electrons. The highest BCUT2D eigenvalue weighted by molar-refractivity contribution is 6.30. The molecule has 1 amide bonds. The van der Waals surface area contributed by atoms with Crippen LogP contribution in [0.3, 0.4) is 0 Å². The molecule has 23 heavy (non-hydrogen) atoms. The number of halogens is 1. The second-order valence-electron chi connectivity index (χ2n) is 6.16. The molecule has 0 spiro atoms. The van der Waals surface area contributed by atoms with E-state index in [-0.39, 0.29) is 11.9 Å². The van der Waals surface area contributed by atoms with E-state index in [0.29, 0.717) is 29.7 Å². The van der Waals surface area contributed by atoms with Crippen molar-refractivity contribution in [1.29, 1.82) is 0 Å². The molecule has 2 aromatic rings. The molecule has 1 saturated heterocycles. The largest absolute Gasteiger partial charge is 0.360 e. The molecular weight excluding hydrogens is 314 g/mol. The van der Waals surface area contributed by atoms with Gasteiger partial charge >= 0.3 is 0 Å². The van der Waals surface area contributed by atoms with Gasteiger partial charge in [0.1, 0.15) is 5.76 Å². The summed E-state index contributed by atoms with van der Waals surface area (Å²) in [6.45, 7) is 2.12. The smallest absolute Gasteiger partial charge is 0.276 e. The SMILES string of the molecule is O=C(c1cc(C2CC2)on1)N1CCNCC1c1cccc(Cl)c1. The molecule has 2 fully saturated rings. The van der Waals surface area contributed by atoms with Crippen LogP contribution in [0.2, 0.25) is 5.02 Å². The summed E-state index contributed by atoms with van der Waals surface area (Å²) in [5.74, 6) is 1.21. The van der Waals surface area contributed by atoms with Crippen molar-refractivity contribution in [2.45, 2.75) is 24.8 Å². The zero-order chi connectivity index (χ0) is 15.8. The minimum atomic E-state index is -0.0767. The maximum Gasteiger partial charge on any atom is 0.276 e. The van der Waals surface area contributed by atoms with Gasteiger partial charge in [-0.2, -0.15) is 0 Å². The minimum Gasteiger partial charge on any atom is -0.360 e. The first kappa shape index (κ1) is 14.7. The molecule has 0 bridgehead atoms. The summed E-state index contributed by atoms with van der Waals surface area (Å²) in [6.07, 6.45) is 2.25. The Morgan fingerprint density at radius 2 is 2.22 bits per heavy atom. The van der Waals surface area contributed by atoms with E-state index in [4.69, 9.17) is 16.1 Å². The van der Waals surface area contributed by atoms with Crippen molar-refractivity contribution in [2.75, 3.05) is 19.6 Å². The number of benzene rings is 1. The molecule has 2 heterocycles. The first-order valence-corrected chi connectivity index (χ1v) is 8.34. The Balaban J connectivity index is 1.59. The van der Waals surface area contributed by atoms with Crippen LogP contribution in [0.4, 0.5) is 0 Å². The lowest BCUT2D eigenvalue weighted by molar-refractivity contribution is 0.0623. The van der Waals surface area contributed by atoms with E-state index in [1.54, 1.807) is 6.07 Å². The molecule has 0 radical (unpaired) electrons. The number of carbonyl (C=O) groups excluding carboxylic acids is 1. The Morgan fingerprint density at radius 3 is 3.00 bits per heavy atom. The third-order valence-electron chi connectivity index (χ3n) is 4.46. The van der Waals surface area contributed by atoms with Crippen LogP contribution in [0.5, 0.6) is 0 Å². The highest BCUT2D eigenvalue weighted by atomic mass is 35.5. The number of piperazine rings is 1. The van der Waals surface area contributed by atoms with Crippen molar-refractivity contribution < 1.29 is 9.32 Å². The predicted molar refractivity (Wildman–Crippen MR) is 86.6 cm³/mol. The fourth-order valence-corrected chi connectivity index (χ4v) is 3.26. The Morgan fingerprint density at radius 1 is 1.35 bits per heavy atom. The number of carbonyl (C=O) groups is 1. The molecule has 1 aromatic heterocycles. The number of hydrogen-bond donors (Lipinski definition) is 1. The molecular formula is C17H18ClN3O2. The maximum absolute atomic E-state index is 12.9. The van der Waals surface area contributed by atoms with Crippen LogP contribution in [0, 0.1) is 0 Å². The second kappa shape index (κ2) is 5.98. The van der Waals surface area contributed by atoms with Crippen LogP contribution in [0.25, 0.3) is 0 Å². The summed E-state index contributed by atoms with van der Waals surface area (Å²) >= 11 is 6.10. The number of aromatic nitrogens is 1. The summed E-state index contributed by atoms with van der Waals surface area (Å²) in [6, 6.07) is 9.43. The number of nitrogens with one attached hydrogen (secondary N) is 1. The zero-order valence-electron chi connectivity index (χ0n) is 12.7. The second-order valence-corrected chi connectivity index (χ2v) is 6.60. The standard InChI is InChI=1S/C17H18ClN3O2/c18-13-3-1-2-12(8-13)15-10-19-6-7-21(15)17(22)14-9-16(23-20-14)11-4-5-11/h1-3,8-9,11,15,19H,4-7,10H2. The third-order valence-corrected chi connectivity index (χ3v) is 4.70. The van der Waals surface area contributed by atoms with E-state index in [9.17, 15) is 4.79 Å². The van der Waals surface area contributed by atoms with Gasteiger partial charge in [-0.15, -0.1) is 0 Å². The topological polar surface area (TPSA) is 58.4 Å². The van der Waals surface area contributed by atoms with Gasteiger partial charge in [-0.3, -0.25) is 4.79 Å². The molecule has 1 aliphatic carbocycles. The van der Waals surface area contributed by atoms with E-state index in [1.807, 2.05) is 29.2 Å². The molecule has 1 saturated carbocycles. The van der Waals surface area contributed by atoms with Gasteiger partial charge in [0.05, 0.1) is 6.04 Å². The van der Waals surface area contributed by atoms with Gasteiger partial charge in [-0.25, -0.2) is 0 Å². The van der Waals surface area contributed by atoms with E-state index in [1.165, 1.54) is 0 Å². The Hall–Kier alpha value is -1.85. The molecule has 1 atom stereocenters. The molecule has 1 aromatic carbocycles. The van der Waals surface area contributed by atoms with Crippen molar-refractivity contribution in [3.63, 3.8) is 0 Å². The van der Waals surface area contributed by atoms with Crippen LogP contribution in [0.1, 0.15) is 46.6 Å². The fraction of sp³-hybridized carbons (Fsp3) is 0.412. The molecule has 1 aliphatic heterocycles.